The molecule has 2 aromatic rings. The molecule has 10 nitrogen and oxygen atoms in total. The van der Waals surface area contributed by atoms with E-state index in [-0.39, 0.29) is 30.2 Å². The highest BCUT2D eigenvalue weighted by Crippen LogP contribution is 2.42. The lowest BCUT2D eigenvalue weighted by atomic mass is 9.75. The second-order valence-electron chi connectivity index (χ2n) is 7.21. The summed E-state index contributed by atoms with van der Waals surface area (Å²) in [6.45, 7) is 5.28. The van der Waals surface area contributed by atoms with Gasteiger partial charge in [-0.15, -0.1) is 0 Å². The van der Waals surface area contributed by atoms with Crippen LogP contribution < -0.4 is 0 Å². The first-order chi connectivity index (χ1) is 16.4. The SMILES string of the molecule is CCOC(=O)C1=C(CSc2ncccn2)N=C(C)C(C(=O)OCC)C1c1cccc([N+](=O)[O-])c1. The normalized spacial score (nSPS) is 17.7. The largest absolute Gasteiger partial charge is 0.465 e. The molecule has 0 aliphatic carbocycles. The van der Waals surface area contributed by atoms with Crippen molar-refractivity contribution < 1.29 is 24.0 Å². The van der Waals surface area contributed by atoms with Crippen molar-refractivity contribution in [2.75, 3.05) is 19.0 Å². The standard InChI is InChI=1S/C23H24N4O6S/c1-4-32-21(28)18-14(3)26-17(13-34-23-24-10-7-11-25-23)20(22(29)33-5-2)19(18)15-8-6-9-16(12-15)27(30)31/h6-12,18-19H,4-5,13H2,1-3H3. The third-order valence-corrected chi connectivity index (χ3v) is 5.96. The van der Waals surface area contributed by atoms with E-state index >= 15 is 0 Å². The predicted octanol–water partition coefficient (Wildman–Crippen LogP) is 3.73. The molecule has 0 bridgehead atoms. The number of hydrogen-bond donors (Lipinski definition) is 0. The second kappa shape index (κ2) is 11.5. The minimum Gasteiger partial charge on any atom is -0.465 e. The van der Waals surface area contributed by atoms with Crippen LogP contribution in [0.3, 0.4) is 0 Å². The van der Waals surface area contributed by atoms with Crippen molar-refractivity contribution in [1.29, 1.82) is 0 Å². The van der Waals surface area contributed by atoms with Crippen LogP contribution in [0, 0.1) is 16.0 Å². The number of non-ortho nitro benzene ring substituents is 1. The number of hydrogen-bond acceptors (Lipinski definition) is 10. The van der Waals surface area contributed by atoms with Crippen LogP contribution >= 0.6 is 11.8 Å². The molecule has 0 radical (unpaired) electrons. The average molecular weight is 485 g/mol. The maximum Gasteiger partial charge on any atom is 0.336 e. The zero-order chi connectivity index (χ0) is 24.7. The number of nitro benzene ring substituents is 1. The number of esters is 2. The summed E-state index contributed by atoms with van der Waals surface area (Å²) in [6, 6.07) is 7.57. The van der Waals surface area contributed by atoms with Gasteiger partial charge in [-0.1, -0.05) is 23.9 Å². The van der Waals surface area contributed by atoms with E-state index in [9.17, 15) is 19.7 Å². The Bertz CT molecular complexity index is 1140. The summed E-state index contributed by atoms with van der Waals surface area (Å²) in [5, 5.41) is 11.9. The average Bonchev–Trinajstić information content (AvgIpc) is 2.83. The molecule has 11 heteroatoms. The first-order valence-corrected chi connectivity index (χ1v) is 11.6. The molecule has 1 aliphatic rings. The highest BCUT2D eigenvalue weighted by molar-refractivity contribution is 7.99. The van der Waals surface area contributed by atoms with Gasteiger partial charge in [0.25, 0.3) is 5.69 Å². The first kappa shape index (κ1) is 25.0. The molecule has 1 aromatic heterocycles. The highest BCUT2D eigenvalue weighted by atomic mass is 32.2. The second-order valence-corrected chi connectivity index (χ2v) is 8.16. The van der Waals surface area contributed by atoms with Crippen LogP contribution in [0.15, 0.2) is 64.1 Å². The van der Waals surface area contributed by atoms with Crippen LogP contribution in [0.4, 0.5) is 5.69 Å². The van der Waals surface area contributed by atoms with Gasteiger partial charge in [0.15, 0.2) is 5.16 Å². The predicted molar refractivity (Wildman–Crippen MR) is 125 cm³/mol. The highest BCUT2D eigenvalue weighted by Gasteiger charge is 2.43. The van der Waals surface area contributed by atoms with Crippen molar-refractivity contribution >= 4 is 35.1 Å². The number of aromatic nitrogens is 2. The van der Waals surface area contributed by atoms with Crippen LogP contribution in [0.2, 0.25) is 0 Å². The van der Waals surface area contributed by atoms with Crippen molar-refractivity contribution in [1.82, 2.24) is 9.97 Å². The van der Waals surface area contributed by atoms with Gasteiger partial charge in [0.2, 0.25) is 0 Å². The number of nitrogens with zero attached hydrogens (tertiary/aromatic N) is 4. The summed E-state index contributed by atoms with van der Waals surface area (Å²) in [5.74, 6) is -2.80. The van der Waals surface area contributed by atoms with Crippen LogP contribution in [0.25, 0.3) is 0 Å². The summed E-state index contributed by atoms with van der Waals surface area (Å²) in [4.78, 5) is 50.0. The molecule has 0 amide bonds. The van der Waals surface area contributed by atoms with E-state index in [0.717, 1.165) is 0 Å². The number of carbonyl (C=O) groups is 2. The van der Waals surface area contributed by atoms with Crippen molar-refractivity contribution in [2.45, 2.75) is 31.8 Å². The fraction of sp³-hybridized carbons (Fsp3) is 0.348. The lowest BCUT2D eigenvalue weighted by Gasteiger charge is -2.32. The zero-order valence-electron chi connectivity index (χ0n) is 19.0. The van der Waals surface area contributed by atoms with Gasteiger partial charge in [0, 0.05) is 41.9 Å². The van der Waals surface area contributed by atoms with E-state index in [1.54, 1.807) is 45.3 Å². The van der Waals surface area contributed by atoms with Gasteiger partial charge in [-0.05, 0) is 32.4 Å². The van der Waals surface area contributed by atoms with Crippen molar-refractivity contribution in [3.8, 4) is 0 Å². The lowest BCUT2D eigenvalue weighted by Crippen LogP contribution is -2.37. The minimum atomic E-state index is -0.942. The molecule has 2 heterocycles. The molecular weight excluding hydrogens is 460 g/mol. The first-order valence-electron chi connectivity index (χ1n) is 10.6. The van der Waals surface area contributed by atoms with Crippen LogP contribution in [-0.2, 0) is 19.1 Å². The molecule has 0 saturated carbocycles. The van der Waals surface area contributed by atoms with Gasteiger partial charge in [-0.25, -0.2) is 14.8 Å². The molecule has 34 heavy (non-hydrogen) atoms. The summed E-state index contributed by atoms with van der Waals surface area (Å²) in [7, 11) is 0. The zero-order valence-corrected chi connectivity index (χ0v) is 19.8. The van der Waals surface area contributed by atoms with E-state index in [2.05, 4.69) is 15.0 Å². The number of carbonyl (C=O) groups excluding carboxylic acids is 2. The van der Waals surface area contributed by atoms with Gasteiger partial charge in [0.1, 0.15) is 5.92 Å². The summed E-state index contributed by atoms with van der Waals surface area (Å²) < 4.78 is 10.6. The fourth-order valence-corrected chi connectivity index (χ4v) is 4.47. The maximum atomic E-state index is 13.2. The number of nitro groups is 1. The molecule has 178 valence electrons. The Morgan fingerprint density at radius 2 is 1.82 bits per heavy atom. The maximum absolute atomic E-state index is 13.2. The molecule has 0 fully saturated rings. The third-order valence-electron chi connectivity index (χ3n) is 5.07. The van der Waals surface area contributed by atoms with Gasteiger partial charge >= 0.3 is 11.9 Å². The number of aliphatic imine (C=N–C) groups is 1. The monoisotopic (exact) mass is 484 g/mol. The van der Waals surface area contributed by atoms with E-state index in [1.807, 2.05) is 0 Å². The lowest BCUT2D eigenvalue weighted by molar-refractivity contribution is -0.384. The molecule has 2 atom stereocenters. The molecule has 3 rings (SSSR count). The topological polar surface area (TPSA) is 134 Å². The third kappa shape index (κ3) is 5.66. The summed E-state index contributed by atoms with van der Waals surface area (Å²) in [5.41, 5.74) is 1.26. The van der Waals surface area contributed by atoms with Gasteiger partial charge in [0.05, 0.1) is 29.4 Å². The Morgan fingerprint density at radius 3 is 2.47 bits per heavy atom. The molecule has 0 N–H and O–H groups in total. The van der Waals surface area contributed by atoms with Crippen LogP contribution in [0.1, 0.15) is 32.3 Å². The summed E-state index contributed by atoms with van der Waals surface area (Å²) >= 11 is 1.27. The van der Waals surface area contributed by atoms with Crippen molar-refractivity contribution in [2.24, 2.45) is 10.9 Å². The molecule has 2 unspecified atom stereocenters. The molecular formula is C23H24N4O6S. The number of ether oxygens (including phenoxy) is 2. The number of thioether (sulfide) groups is 1. The Morgan fingerprint density at radius 1 is 1.12 bits per heavy atom. The van der Waals surface area contributed by atoms with Gasteiger partial charge in [-0.3, -0.25) is 19.9 Å². The van der Waals surface area contributed by atoms with E-state index in [1.165, 1.54) is 30.0 Å². The number of rotatable bonds is 9. The Labute approximate surface area is 200 Å². The quantitative estimate of drug-likeness (QED) is 0.171. The van der Waals surface area contributed by atoms with Gasteiger partial charge in [-0.2, -0.15) is 0 Å². The van der Waals surface area contributed by atoms with Gasteiger partial charge < -0.3 is 9.47 Å². The Balaban J connectivity index is 2.17. The van der Waals surface area contributed by atoms with E-state index in [4.69, 9.17) is 9.47 Å². The number of benzene rings is 1. The van der Waals surface area contributed by atoms with Crippen LogP contribution in [-0.4, -0.2) is 51.5 Å². The Hall–Kier alpha value is -3.60. The molecule has 1 aromatic carbocycles. The summed E-state index contributed by atoms with van der Waals surface area (Å²) in [6.07, 6.45) is 3.21. The molecule has 0 spiro atoms. The molecule has 1 aliphatic heterocycles. The Kier molecular flexibility index (Phi) is 8.47. The van der Waals surface area contributed by atoms with E-state index < -0.39 is 28.7 Å². The van der Waals surface area contributed by atoms with Crippen LogP contribution in [0.5, 0.6) is 0 Å². The minimum absolute atomic E-state index is 0.110. The fourth-order valence-electron chi connectivity index (χ4n) is 3.72. The van der Waals surface area contributed by atoms with Crippen molar-refractivity contribution in [3.05, 3.63) is 69.7 Å². The van der Waals surface area contributed by atoms with Crippen molar-refractivity contribution in [3.63, 3.8) is 0 Å². The molecule has 0 saturated heterocycles. The smallest absolute Gasteiger partial charge is 0.336 e. The van der Waals surface area contributed by atoms with E-state index in [0.29, 0.717) is 22.1 Å².